The third-order valence-corrected chi connectivity index (χ3v) is 5.91. The summed E-state index contributed by atoms with van der Waals surface area (Å²) in [6.07, 6.45) is 1.68. The number of carboxylic acid groups (broad SMARTS) is 1. The topological polar surface area (TPSA) is 83.9 Å². The number of hydrogen-bond acceptors (Lipinski definition) is 5. The number of rotatable bonds is 6. The molecule has 0 saturated carbocycles. The molecule has 1 N–H and O–H groups in total. The summed E-state index contributed by atoms with van der Waals surface area (Å²) in [5, 5.41) is 8.90. The second kappa shape index (κ2) is 9.11. The van der Waals surface area contributed by atoms with Gasteiger partial charge in [-0.3, -0.25) is 14.5 Å². The zero-order valence-electron chi connectivity index (χ0n) is 17.1. The Balaban J connectivity index is 1.56. The lowest BCUT2D eigenvalue weighted by Crippen LogP contribution is -2.27. The number of amides is 2. The van der Waals surface area contributed by atoms with Gasteiger partial charge in [-0.1, -0.05) is 42.5 Å². The van der Waals surface area contributed by atoms with Gasteiger partial charge in [-0.05, 0) is 70.4 Å². The first-order valence-electron chi connectivity index (χ1n) is 9.77. The highest BCUT2D eigenvalue weighted by molar-refractivity contribution is 8.18. The number of carbonyl (C=O) groups is 3. The highest BCUT2D eigenvalue weighted by Crippen LogP contribution is 2.34. The van der Waals surface area contributed by atoms with Crippen LogP contribution in [-0.4, -0.2) is 34.2 Å². The molecule has 3 aromatic rings. The van der Waals surface area contributed by atoms with Crippen LogP contribution in [0.1, 0.15) is 21.5 Å². The van der Waals surface area contributed by atoms with Gasteiger partial charge in [0.2, 0.25) is 0 Å². The third kappa shape index (κ3) is 4.58. The van der Waals surface area contributed by atoms with E-state index >= 15 is 0 Å². The number of nitrogens with zero attached hydrogens (tertiary/aromatic N) is 1. The molecule has 7 heteroatoms. The predicted octanol–water partition coefficient (Wildman–Crippen LogP) is 5.30. The molecule has 0 aliphatic carbocycles. The van der Waals surface area contributed by atoms with Gasteiger partial charge in [-0.25, -0.2) is 4.79 Å². The van der Waals surface area contributed by atoms with E-state index in [4.69, 9.17) is 4.74 Å². The van der Waals surface area contributed by atoms with Gasteiger partial charge in [0.1, 0.15) is 5.75 Å². The van der Waals surface area contributed by atoms with E-state index < -0.39 is 5.97 Å². The minimum Gasteiger partial charge on any atom is -0.497 e. The van der Waals surface area contributed by atoms with Gasteiger partial charge in [-0.2, -0.15) is 0 Å². The molecule has 0 bridgehead atoms. The molecule has 0 spiro atoms. The molecule has 160 valence electrons. The molecule has 1 aliphatic rings. The summed E-state index contributed by atoms with van der Waals surface area (Å²) in [5.41, 5.74) is 3.35. The van der Waals surface area contributed by atoms with Crippen LogP contribution in [0.5, 0.6) is 5.75 Å². The van der Waals surface area contributed by atoms with Gasteiger partial charge >= 0.3 is 5.97 Å². The standard InChI is InChI=1S/C25H19NO5S/c1-31-21-10-8-16(9-11-21)15-26-23(27)22(32-25(26)30)13-17-4-2-5-18(12-17)19-6-3-7-20(14-19)24(28)29/h2-14H,15H2,1H3,(H,28,29)/b22-13-. The van der Waals surface area contributed by atoms with Gasteiger partial charge in [0.05, 0.1) is 24.1 Å². The van der Waals surface area contributed by atoms with Crippen molar-refractivity contribution in [2.75, 3.05) is 7.11 Å². The van der Waals surface area contributed by atoms with Gasteiger partial charge in [0.25, 0.3) is 11.1 Å². The molecule has 0 unspecified atom stereocenters. The third-order valence-electron chi connectivity index (χ3n) is 5.00. The van der Waals surface area contributed by atoms with Crippen LogP contribution in [0.2, 0.25) is 0 Å². The van der Waals surface area contributed by atoms with Crippen molar-refractivity contribution in [2.24, 2.45) is 0 Å². The summed E-state index contributed by atoms with van der Waals surface area (Å²) < 4.78 is 5.13. The molecule has 1 saturated heterocycles. The SMILES string of the molecule is COc1ccc(CN2C(=O)S/C(=C\c3cccc(-c4cccc(C(=O)O)c4)c3)C2=O)cc1. The predicted molar refractivity (Wildman–Crippen MR) is 123 cm³/mol. The van der Waals surface area contributed by atoms with Crippen molar-refractivity contribution in [1.82, 2.24) is 4.90 Å². The van der Waals surface area contributed by atoms with Crippen molar-refractivity contribution >= 4 is 35.0 Å². The first-order valence-corrected chi connectivity index (χ1v) is 10.6. The molecular weight excluding hydrogens is 426 g/mol. The van der Waals surface area contributed by atoms with Crippen molar-refractivity contribution < 1.29 is 24.2 Å². The number of aromatic carboxylic acids is 1. The van der Waals surface area contributed by atoms with Crippen molar-refractivity contribution in [3.8, 4) is 16.9 Å². The first kappa shape index (κ1) is 21.4. The van der Waals surface area contributed by atoms with Crippen LogP contribution in [0.25, 0.3) is 17.2 Å². The Hall–Kier alpha value is -3.84. The maximum Gasteiger partial charge on any atom is 0.335 e. The van der Waals surface area contributed by atoms with E-state index in [9.17, 15) is 19.5 Å². The average Bonchev–Trinajstić information content (AvgIpc) is 3.07. The molecule has 1 fully saturated rings. The number of thioether (sulfide) groups is 1. The zero-order valence-corrected chi connectivity index (χ0v) is 18.0. The lowest BCUT2D eigenvalue weighted by Gasteiger charge is -2.12. The lowest BCUT2D eigenvalue weighted by molar-refractivity contribution is -0.123. The van der Waals surface area contributed by atoms with Gasteiger partial charge < -0.3 is 9.84 Å². The van der Waals surface area contributed by atoms with Gasteiger partial charge in [0.15, 0.2) is 0 Å². The second-order valence-corrected chi connectivity index (χ2v) is 8.12. The van der Waals surface area contributed by atoms with Crippen LogP contribution in [0, 0.1) is 0 Å². The van der Waals surface area contributed by atoms with Crippen LogP contribution in [0.3, 0.4) is 0 Å². The molecular formula is C25H19NO5S. The van der Waals surface area contributed by atoms with E-state index in [1.54, 1.807) is 37.5 Å². The van der Waals surface area contributed by atoms with E-state index in [0.29, 0.717) is 10.7 Å². The number of carboxylic acids is 1. The quantitative estimate of drug-likeness (QED) is 0.519. The summed E-state index contributed by atoms with van der Waals surface area (Å²) in [7, 11) is 1.58. The molecule has 0 atom stereocenters. The Morgan fingerprint density at radius 2 is 1.69 bits per heavy atom. The Morgan fingerprint density at radius 3 is 2.38 bits per heavy atom. The Kier molecular flexibility index (Phi) is 6.09. The van der Waals surface area contributed by atoms with Crippen molar-refractivity contribution in [3.05, 3.63) is 94.4 Å². The number of hydrogen-bond donors (Lipinski definition) is 1. The molecule has 0 aromatic heterocycles. The number of methoxy groups -OCH3 is 1. The number of benzene rings is 3. The maximum absolute atomic E-state index is 12.8. The highest BCUT2D eigenvalue weighted by atomic mass is 32.2. The summed E-state index contributed by atoms with van der Waals surface area (Å²) >= 11 is 0.908. The molecule has 1 aliphatic heterocycles. The lowest BCUT2D eigenvalue weighted by atomic mass is 10.0. The Labute approximate surface area is 189 Å². The van der Waals surface area contributed by atoms with Crippen LogP contribution >= 0.6 is 11.8 Å². The van der Waals surface area contributed by atoms with Crippen molar-refractivity contribution in [2.45, 2.75) is 6.54 Å². The van der Waals surface area contributed by atoms with E-state index in [0.717, 1.165) is 34.0 Å². The van der Waals surface area contributed by atoms with Crippen LogP contribution in [0.15, 0.2) is 77.7 Å². The average molecular weight is 445 g/mol. The monoisotopic (exact) mass is 445 g/mol. The fourth-order valence-corrected chi connectivity index (χ4v) is 4.18. The first-order chi connectivity index (χ1) is 15.4. The van der Waals surface area contributed by atoms with E-state index in [1.165, 1.54) is 11.0 Å². The molecule has 6 nitrogen and oxygen atoms in total. The largest absolute Gasteiger partial charge is 0.497 e. The smallest absolute Gasteiger partial charge is 0.335 e. The van der Waals surface area contributed by atoms with Crippen LogP contribution < -0.4 is 4.74 Å². The minimum absolute atomic E-state index is 0.189. The summed E-state index contributed by atoms with van der Waals surface area (Å²) in [4.78, 5) is 38.1. The molecule has 32 heavy (non-hydrogen) atoms. The summed E-state index contributed by atoms with van der Waals surface area (Å²) in [6.45, 7) is 0.189. The summed E-state index contributed by atoms with van der Waals surface area (Å²) in [5.74, 6) is -0.626. The number of carbonyl (C=O) groups excluding carboxylic acids is 2. The van der Waals surface area contributed by atoms with Gasteiger partial charge in [0, 0.05) is 0 Å². The minimum atomic E-state index is -0.992. The number of imide groups is 1. The Bertz CT molecular complexity index is 1230. The fourth-order valence-electron chi connectivity index (χ4n) is 3.34. The van der Waals surface area contributed by atoms with E-state index in [-0.39, 0.29) is 23.3 Å². The van der Waals surface area contributed by atoms with Crippen molar-refractivity contribution in [1.29, 1.82) is 0 Å². The normalized spacial score (nSPS) is 14.8. The van der Waals surface area contributed by atoms with Crippen LogP contribution in [0.4, 0.5) is 4.79 Å². The van der Waals surface area contributed by atoms with Crippen molar-refractivity contribution in [3.63, 3.8) is 0 Å². The maximum atomic E-state index is 12.8. The summed E-state index contributed by atoms with van der Waals surface area (Å²) in [6, 6.07) is 21.3. The fraction of sp³-hybridized carbons (Fsp3) is 0.0800. The second-order valence-electron chi connectivity index (χ2n) is 7.13. The zero-order chi connectivity index (χ0) is 22.7. The molecule has 4 rings (SSSR count). The van der Waals surface area contributed by atoms with Crippen LogP contribution in [-0.2, 0) is 11.3 Å². The molecule has 3 aromatic carbocycles. The van der Waals surface area contributed by atoms with Gasteiger partial charge in [-0.15, -0.1) is 0 Å². The molecule has 2 amide bonds. The molecule has 0 radical (unpaired) electrons. The molecule has 1 heterocycles. The van der Waals surface area contributed by atoms with E-state index in [1.807, 2.05) is 42.5 Å². The highest BCUT2D eigenvalue weighted by Gasteiger charge is 2.35. The number of ether oxygens (including phenoxy) is 1. The Morgan fingerprint density at radius 1 is 1.00 bits per heavy atom. The van der Waals surface area contributed by atoms with E-state index in [2.05, 4.69) is 0 Å².